The molecule has 1 rings (SSSR count). The Balaban J connectivity index is -0.000000101. The molecular weight excluding hydrogens is 267 g/mol. The first-order chi connectivity index (χ1) is 4.43. The average molecular weight is 293 g/mol. The summed E-state index contributed by atoms with van der Waals surface area (Å²) < 4.78 is 5.18. The Labute approximate surface area is 102 Å². The van der Waals surface area contributed by atoms with Crippen LogP contribution in [0.1, 0.15) is 48.0 Å². The number of allylic oxidation sites excluding steroid dienone is 1. The third-order valence-corrected chi connectivity index (χ3v) is 1.76. The van der Waals surface area contributed by atoms with Crippen LogP contribution in [-0.2, 0) is 4.74 Å². The standard InChI is InChI=1S/C8H14O.3CH4.Sn/c1-9-8-6-4-2-3-5-7-8;;;;/h4,6,8H,2-3,5,7H2,1H3;3*1H4;. The molecule has 1 aliphatic rings. The molecule has 0 aromatic heterocycles. The van der Waals surface area contributed by atoms with Gasteiger partial charge in [-0.25, -0.2) is 0 Å². The molecule has 1 unspecified atom stereocenters. The first-order valence-electron chi connectivity index (χ1n) is 3.63. The monoisotopic (exact) mass is 294 g/mol. The van der Waals surface area contributed by atoms with Crippen molar-refractivity contribution in [3.8, 4) is 0 Å². The third-order valence-electron chi connectivity index (χ3n) is 1.76. The van der Waals surface area contributed by atoms with E-state index < -0.39 is 0 Å². The van der Waals surface area contributed by atoms with Crippen molar-refractivity contribution in [3.63, 3.8) is 0 Å². The van der Waals surface area contributed by atoms with Crippen molar-refractivity contribution in [2.24, 2.45) is 0 Å². The van der Waals surface area contributed by atoms with Crippen LogP contribution in [0.3, 0.4) is 0 Å². The smallest absolute Gasteiger partial charge is 0.0752 e. The van der Waals surface area contributed by atoms with Gasteiger partial charge < -0.3 is 4.74 Å². The molecule has 0 saturated carbocycles. The minimum absolute atomic E-state index is 0. The molecule has 0 aromatic rings. The van der Waals surface area contributed by atoms with E-state index in [1.165, 1.54) is 25.7 Å². The largest absolute Gasteiger partial charge is 0.377 e. The molecule has 0 saturated heterocycles. The third kappa shape index (κ3) is 10.4. The van der Waals surface area contributed by atoms with Gasteiger partial charge in [-0.2, -0.15) is 0 Å². The van der Waals surface area contributed by atoms with E-state index in [9.17, 15) is 0 Å². The first-order valence-corrected chi connectivity index (χ1v) is 3.63. The molecule has 4 radical (unpaired) electrons. The molecule has 2 heteroatoms. The van der Waals surface area contributed by atoms with Crippen molar-refractivity contribution in [1.29, 1.82) is 0 Å². The number of hydrogen-bond donors (Lipinski definition) is 0. The molecule has 0 heterocycles. The molecule has 0 aliphatic heterocycles. The Hall–Kier alpha value is 0.499. The van der Waals surface area contributed by atoms with E-state index in [-0.39, 0.29) is 46.2 Å². The van der Waals surface area contributed by atoms with Crippen LogP contribution < -0.4 is 0 Å². The summed E-state index contributed by atoms with van der Waals surface area (Å²) in [5.41, 5.74) is 0. The van der Waals surface area contributed by atoms with Gasteiger partial charge in [-0.1, -0.05) is 40.9 Å². The van der Waals surface area contributed by atoms with Gasteiger partial charge in [0, 0.05) is 31.0 Å². The van der Waals surface area contributed by atoms with Gasteiger partial charge in [0.1, 0.15) is 0 Å². The first kappa shape index (κ1) is 23.4. The van der Waals surface area contributed by atoms with Crippen molar-refractivity contribution >= 4 is 23.9 Å². The van der Waals surface area contributed by atoms with Gasteiger partial charge in [0.05, 0.1) is 6.10 Å². The number of methoxy groups -OCH3 is 1. The Morgan fingerprint density at radius 3 is 2.31 bits per heavy atom. The normalized spacial score (nSPS) is 19.3. The quantitative estimate of drug-likeness (QED) is 0.529. The van der Waals surface area contributed by atoms with E-state index in [1.807, 2.05) is 0 Å². The molecule has 0 bridgehead atoms. The summed E-state index contributed by atoms with van der Waals surface area (Å²) in [6.45, 7) is 0. The van der Waals surface area contributed by atoms with E-state index in [0.29, 0.717) is 6.10 Å². The fourth-order valence-electron chi connectivity index (χ4n) is 1.15. The molecule has 0 N–H and O–H groups in total. The Kier molecular flexibility index (Phi) is 27.0. The molecule has 1 atom stereocenters. The molecule has 13 heavy (non-hydrogen) atoms. The van der Waals surface area contributed by atoms with Gasteiger partial charge >= 0.3 is 0 Å². The van der Waals surface area contributed by atoms with Crippen molar-refractivity contribution < 1.29 is 4.74 Å². The summed E-state index contributed by atoms with van der Waals surface area (Å²) >= 11 is 0. The summed E-state index contributed by atoms with van der Waals surface area (Å²) in [7, 11) is 1.78. The summed E-state index contributed by atoms with van der Waals surface area (Å²) in [5, 5.41) is 0. The van der Waals surface area contributed by atoms with Crippen molar-refractivity contribution in [2.75, 3.05) is 7.11 Å². The van der Waals surface area contributed by atoms with Crippen molar-refractivity contribution in [2.45, 2.75) is 54.1 Å². The summed E-state index contributed by atoms with van der Waals surface area (Å²) in [6.07, 6.45) is 9.87. The van der Waals surface area contributed by atoms with Gasteiger partial charge in [0.2, 0.25) is 0 Å². The Bertz CT molecular complexity index is 102. The fraction of sp³-hybridized carbons (Fsp3) is 0.818. The molecule has 0 fully saturated rings. The maximum absolute atomic E-state index is 5.18. The van der Waals surface area contributed by atoms with Crippen molar-refractivity contribution in [1.82, 2.24) is 0 Å². The van der Waals surface area contributed by atoms with E-state index in [2.05, 4.69) is 12.2 Å². The molecule has 1 aliphatic carbocycles. The second-order valence-corrected chi connectivity index (χ2v) is 2.49. The van der Waals surface area contributed by atoms with E-state index in [4.69, 9.17) is 4.74 Å². The summed E-state index contributed by atoms with van der Waals surface area (Å²) in [6, 6.07) is 0. The zero-order valence-corrected chi connectivity index (χ0v) is 9.32. The Morgan fingerprint density at radius 2 is 1.77 bits per heavy atom. The van der Waals surface area contributed by atoms with E-state index in [0.717, 1.165) is 0 Å². The molecular formula is C11H26OSn. The molecule has 0 amide bonds. The predicted octanol–water partition coefficient (Wildman–Crippen LogP) is 3.66. The van der Waals surface area contributed by atoms with Crippen LogP contribution in [-0.4, -0.2) is 37.1 Å². The zero-order valence-electron chi connectivity index (χ0n) is 6.47. The summed E-state index contributed by atoms with van der Waals surface area (Å²) in [4.78, 5) is 0. The van der Waals surface area contributed by atoms with Crippen LogP contribution in [0.25, 0.3) is 0 Å². The van der Waals surface area contributed by atoms with Gasteiger partial charge in [-0.3, -0.25) is 0 Å². The zero-order chi connectivity index (χ0) is 6.53. The molecule has 0 aromatic carbocycles. The maximum atomic E-state index is 5.18. The van der Waals surface area contributed by atoms with Gasteiger partial charge in [-0.05, 0) is 19.3 Å². The van der Waals surface area contributed by atoms with Crippen LogP contribution in [0.2, 0.25) is 0 Å². The molecule has 80 valence electrons. The predicted molar refractivity (Wildman–Crippen MR) is 64.4 cm³/mol. The minimum Gasteiger partial charge on any atom is -0.377 e. The number of ether oxygens (including phenoxy) is 1. The Morgan fingerprint density at radius 1 is 1.15 bits per heavy atom. The molecule has 0 spiro atoms. The number of hydrogen-bond acceptors (Lipinski definition) is 1. The van der Waals surface area contributed by atoms with E-state index >= 15 is 0 Å². The van der Waals surface area contributed by atoms with Crippen LogP contribution in [0, 0.1) is 0 Å². The van der Waals surface area contributed by atoms with Crippen LogP contribution in [0.15, 0.2) is 12.2 Å². The van der Waals surface area contributed by atoms with Crippen LogP contribution >= 0.6 is 0 Å². The molecule has 1 nitrogen and oxygen atoms in total. The SMILES string of the molecule is C.C.C.COC1C=CCCCC1.[Sn]. The summed E-state index contributed by atoms with van der Waals surface area (Å²) in [5.74, 6) is 0. The fourth-order valence-corrected chi connectivity index (χ4v) is 1.15. The van der Waals surface area contributed by atoms with Crippen LogP contribution in [0.5, 0.6) is 0 Å². The van der Waals surface area contributed by atoms with Crippen molar-refractivity contribution in [3.05, 3.63) is 12.2 Å². The van der Waals surface area contributed by atoms with Gasteiger partial charge in [0.25, 0.3) is 0 Å². The van der Waals surface area contributed by atoms with E-state index in [1.54, 1.807) is 7.11 Å². The second-order valence-electron chi connectivity index (χ2n) is 2.49. The maximum Gasteiger partial charge on any atom is 0.0752 e. The topological polar surface area (TPSA) is 9.23 Å². The second kappa shape index (κ2) is 15.0. The van der Waals surface area contributed by atoms with Gasteiger partial charge in [0.15, 0.2) is 0 Å². The number of rotatable bonds is 1. The van der Waals surface area contributed by atoms with Crippen LogP contribution in [0.4, 0.5) is 0 Å². The average Bonchev–Trinajstić information content (AvgIpc) is 2.13. The van der Waals surface area contributed by atoms with Gasteiger partial charge in [-0.15, -0.1) is 0 Å². The minimum atomic E-state index is 0.